The number of halogens is 1. The fraction of sp³-hybridized carbons (Fsp3) is 0.105. The van der Waals surface area contributed by atoms with Gasteiger partial charge in [0.1, 0.15) is 11.5 Å². The summed E-state index contributed by atoms with van der Waals surface area (Å²) in [6.07, 6.45) is 0. The molecule has 0 atom stereocenters. The molecule has 0 bridgehead atoms. The molecule has 0 spiro atoms. The molecule has 0 aliphatic heterocycles. The maximum absolute atomic E-state index is 12.4. The van der Waals surface area contributed by atoms with Crippen molar-refractivity contribution < 1.29 is 14.3 Å². The Kier molecular flexibility index (Phi) is 5.73. The lowest BCUT2D eigenvalue weighted by molar-refractivity contribution is 0.102. The van der Waals surface area contributed by atoms with Crippen LogP contribution in [0.1, 0.15) is 10.5 Å². The van der Waals surface area contributed by atoms with E-state index in [9.17, 15) is 4.79 Å². The molecule has 1 aromatic heterocycles. The highest BCUT2D eigenvalue weighted by Gasteiger charge is 2.13. The second kappa shape index (κ2) is 8.37. The number of hydrogen-bond acceptors (Lipinski definition) is 6. The van der Waals surface area contributed by atoms with Gasteiger partial charge < -0.3 is 20.1 Å². The Labute approximate surface area is 161 Å². The Morgan fingerprint density at radius 2 is 1.67 bits per heavy atom. The van der Waals surface area contributed by atoms with Gasteiger partial charge in [-0.1, -0.05) is 23.7 Å². The third-order valence-corrected chi connectivity index (χ3v) is 3.91. The smallest absolute Gasteiger partial charge is 0.276 e. The maximum Gasteiger partial charge on any atom is 0.276 e. The predicted molar refractivity (Wildman–Crippen MR) is 104 cm³/mol. The van der Waals surface area contributed by atoms with Crippen LogP contribution < -0.4 is 20.1 Å². The summed E-state index contributed by atoms with van der Waals surface area (Å²) in [5, 5.41) is 14.3. The first-order valence-corrected chi connectivity index (χ1v) is 8.37. The van der Waals surface area contributed by atoms with Crippen molar-refractivity contribution in [3.63, 3.8) is 0 Å². The zero-order chi connectivity index (χ0) is 19.2. The third-order valence-electron chi connectivity index (χ3n) is 3.68. The van der Waals surface area contributed by atoms with Crippen LogP contribution in [0.5, 0.6) is 11.5 Å². The first-order chi connectivity index (χ1) is 13.1. The molecule has 0 saturated carbocycles. The van der Waals surface area contributed by atoms with Crippen molar-refractivity contribution in [2.45, 2.75) is 0 Å². The summed E-state index contributed by atoms with van der Waals surface area (Å²) >= 11 is 5.97. The molecule has 0 fully saturated rings. The molecule has 2 aromatic carbocycles. The minimum atomic E-state index is -0.424. The van der Waals surface area contributed by atoms with Gasteiger partial charge in [0, 0.05) is 5.02 Å². The molecule has 3 rings (SSSR count). The number of rotatable bonds is 6. The minimum absolute atomic E-state index is 0.155. The van der Waals surface area contributed by atoms with Gasteiger partial charge in [0.2, 0.25) is 0 Å². The summed E-state index contributed by atoms with van der Waals surface area (Å²) in [6, 6.07) is 15.6. The molecule has 8 heteroatoms. The van der Waals surface area contributed by atoms with Crippen molar-refractivity contribution in [2.24, 2.45) is 0 Å². The van der Waals surface area contributed by atoms with Crippen molar-refractivity contribution in [1.29, 1.82) is 0 Å². The van der Waals surface area contributed by atoms with Gasteiger partial charge in [0.05, 0.1) is 25.6 Å². The molecule has 27 heavy (non-hydrogen) atoms. The first kappa shape index (κ1) is 18.5. The second-order valence-corrected chi connectivity index (χ2v) is 5.86. The highest BCUT2D eigenvalue weighted by Crippen LogP contribution is 2.28. The van der Waals surface area contributed by atoms with Crippen LogP contribution in [0.2, 0.25) is 5.02 Å². The Morgan fingerprint density at radius 1 is 0.926 bits per heavy atom. The number of nitrogens with zero attached hydrogens (tertiary/aromatic N) is 2. The van der Waals surface area contributed by atoms with Crippen LogP contribution in [0.3, 0.4) is 0 Å². The van der Waals surface area contributed by atoms with E-state index in [1.54, 1.807) is 37.4 Å². The average molecular weight is 385 g/mol. The van der Waals surface area contributed by atoms with Gasteiger partial charge in [0.15, 0.2) is 11.5 Å². The molecule has 0 unspecified atom stereocenters. The number of nitrogens with one attached hydrogen (secondary N) is 2. The van der Waals surface area contributed by atoms with E-state index in [0.29, 0.717) is 28.0 Å². The van der Waals surface area contributed by atoms with E-state index in [1.807, 2.05) is 24.3 Å². The molecule has 1 amide bonds. The van der Waals surface area contributed by atoms with E-state index in [-0.39, 0.29) is 5.69 Å². The zero-order valence-electron chi connectivity index (χ0n) is 14.7. The summed E-state index contributed by atoms with van der Waals surface area (Å²) in [4.78, 5) is 12.4. The molecule has 0 aliphatic carbocycles. The summed E-state index contributed by atoms with van der Waals surface area (Å²) in [5.74, 6) is 1.23. The predicted octanol–water partition coefficient (Wildman–Crippen LogP) is 4.14. The molecule has 7 nitrogen and oxygen atoms in total. The standard InChI is InChI=1S/C19H17ClN4O3/c1-26-16-6-4-3-5-13(16)21-18-10-8-14(23-24-18)19(25)22-15-11-12(20)7-9-17(15)27-2/h3-11H,1-2H3,(H,21,24)(H,22,25). The molecular weight excluding hydrogens is 368 g/mol. The quantitative estimate of drug-likeness (QED) is 0.664. The summed E-state index contributed by atoms with van der Waals surface area (Å²) in [6.45, 7) is 0. The lowest BCUT2D eigenvalue weighted by Gasteiger charge is -2.11. The van der Waals surface area contributed by atoms with Gasteiger partial charge in [-0.2, -0.15) is 0 Å². The van der Waals surface area contributed by atoms with E-state index >= 15 is 0 Å². The highest BCUT2D eigenvalue weighted by molar-refractivity contribution is 6.31. The lowest BCUT2D eigenvalue weighted by Crippen LogP contribution is -2.15. The van der Waals surface area contributed by atoms with Gasteiger partial charge in [-0.3, -0.25) is 4.79 Å². The van der Waals surface area contributed by atoms with Gasteiger partial charge in [-0.25, -0.2) is 0 Å². The van der Waals surface area contributed by atoms with E-state index < -0.39 is 5.91 Å². The number of hydrogen-bond donors (Lipinski definition) is 2. The van der Waals surface area contributed by atoms with Crippen LogP contribution in [-0.2, 0) is 0 Å². The second-order valence-electron chi connectivity index (χ2n) is 5.43. The molecule has 3 aromatic rings. The van der Waals surface area contributed by atoms with Gasteiger partial charge >= 0.3 is 0 Å². The van der Waals surface area contributed by atoms with E-state index in [0.717, 1.165) is 5.69 Å². The number of anilines is 3. The highest BCUT2D eigenvalue weighted by atomic mass is 35.5. The first-order valence-electron chi connectivity index (χ1n) is 7.99. The van der Waals surface area contributed by atoms with E-state index in [4.69, 9.17) is 21.1 Å². The molecule has 0 saturated heterocycles. The monoisotopic (exact) mass is 384 g/mol. The van der Waals surface area contributed by atoms with Gasteiger partial charge in [-0.05, 0) is 42.5 Å². The number of aromatic nitrogens is 2. The lowest BCUT2D eigenvalue weighted by atomic mass is 10.2. The van der Waals surface area contributed by atoms with Crippen LogP contribution in [-0.4, -0.2) is 30.3 Å². The van der Waals surface area contributed by atoms with E-state index in [2.05, 4.69) is 20.8 Å². The van der Waals surface area contributed by atoms with E-state index in [1.165, 1.54) is 7.11 Å². The normalized spacial score (nSPS) is 10.2. The van der Waals surface area contributed by atoms with Crippen molar-refractivity contribution >= 4 is 34.7 Å². The van der Waals surface area contributed by atoms with Crippen molar-refractivity contribution in [1.82, 2.24) is 10.2 Å². The van der Waals surface area contributed by atoms with Crippen LogP contribution in [0.15, 0.2) is 54.6 Å². The average Bonchev–Trinajstić information content (AvgIpc) is 2.69. The molecule has 0 radical (unpaired) electrons. The Balaban J connectivity index is 1.73. The molecule has 138 valence electrons. The summed E-state index contributed by atoms with van der Waals surface area (Å²) in [7, 11) is 3.10. The van der Waals surface area contributed by atoms with Crippen LogP contribution in [0.4, 0.5) is 17.2 Å². The summed E-state index contributed by atoms with van der Waals surface area (Å²) in [5.41, 5.74) is 1.35. The fourth-order valence-electron chi connectivity index (χ4n) is 2.37. The zero-order valence-corrected chi connectivity index (χ0v) is 15.4. The van der Waals surface area contributed by atoms with Gasteiger partial charge in [0.25, 0.3) is 5.91 Å². The number of para-hydroxylation sites is 2. The molecular formula is C19H17ClN4O3. The SMILES string of the molecule is COc1ccc(Cl)cc1NC(=O)c1ccc(Nc2ccccc2OC)nn1. The molecule has 2 N–H and O–H groups in total. The molecule has 1 heterocycles. The number of carbonyl (C=O) groups is 1. The van der Waals surface area contributed by atoms with Crippen molar-refractivity contribution in [3.05, 3.63) is 65.3 Å². The van der Waals surface area contributed by atoms with Crippen molar-refractivity contribution in [2.75, 3.05) is 24.9 Å². The number of methoxy groups -OCH3 is 2. The number of benzene rings is 2. The molecule has 0 aliphatic rings. The largest absolute Gasteiger partial charge is 0.495 e. The number of ether oxygens (including phenoxy) is 2. The number of amides is 1. The summed E-state index contributed by atoms with van der Waals surface area (Å²) < 4.78 is 10.5. The Morgan fingerprint density at radius 3 is 2.37 bits per heavy atom. The maximum atomic E-state index is 12.4. The Bertz CT molecular complexity index is 948. The van der Waals surface area contributed by atoms with Crippen LogP contribution >= 0.6 is 11.6 Å². The van der Waals surface area contributed by atoms with Crippen LogP contribution in [0, 0.1) is 0 Å². The van der Waals surface area contributed by atoms with Gasteiger partial charge in [-0.15, -0.1) is 10.2 Å². The topological polar surface area (TPSA) is 85.4 Å². The third kappa shape index (κ3) is 4.45. The fourth-order valence-corrected chi connectivity index (χ4v) is 2.54. The number of carbonyl (C=O) groups excluding carboxylic acids is 1. The van der Waals surface area contributed by atoms with Crippen LogP contribution in [0.25, 0.3) is 0 Å². The minimum Gasteiger partial charge on any atom is -0.495 e. The Hall–Kier alpha value is -3.32. The van der Waals surface area contributed by atoms with Crippen molar-refractivity contribution in [3.8, 4) is 11.5 Å².